The second kappa shape index (κ2) is 3.71. The van der Waals surface area contributed by atoms with Crippen LogP contribution in [0.1, 0.15) is 6.92 Å². The smallest absolute Gasteiger partial charge is 0.436 e. The van der Waals surface area contributed by atoms with E-state index < -0.39 is 23.6 Å². The Labute approximate surface area is 88.5 Å². The lowest BCUT2D eigenvalue weighted by atomic mass is 10.2. The Morgan fingerprint density at radius 3 is 2.50 bits per heavy atom. The summed E-state index contributed by atoms with van der Waals surface area (Å²) in [5.41, 5.74) is -3.99. The summed E-state index contributed by atoms with van der Waals surface area (Å²) in [7, 11) is 0. The Morgan fingerprint density at radius 2 is 2.06 bits per heavy atom. The van der Waals surface area contributed by atoms with Gasteiger partial charge in [0.25, 0.3) is 0 Å². The molecule has 0 spiro atoms. The van der Waals surface area contributed by atoms with Crippen molar-refractivity contribution in [2.24, 2.45) is 0 Å². The number of nitrogens with zero attached hydrogens (tertiary/aromatic N) is 1. The van der Waals surface area contributed by atoms with Crippen LogP contribution in [0.15, 0.2) is 24.3 Å². The van der Waals surface area contributed by atoms with Crippen LogP contribution in [0, 0.1) is 0 Å². The van der Waals surface area contributed by atoms with Crippen molar-refractivity contribution in [3.05, 3.63) is 24.3 Å². The van der Waals surface area contributed by atoms with E-state index in [9.17, 15) is 23.1 Å². The Hall–Kier alpha value is -1.70. The van der Waals surface area contributed by atoms with Crippen LogP contribution in [0.5, 0.6) is 0 Å². The van der Waals surface area contributed by atoms with Crippen molar-refractivity contribution in [3.63, 3.8) is 0 Å². The maximum absolute atomic E-state index is 12.5. The normalized spacial score (nSPS) is 19.8. The van der Waals surface area contributed by atoms with Gasteiger partial charge in [0.15, 0.2) is 0 Å². The standard InChI is InChI=1S/C8H9F3N2O3/c1-7(16,8(9,10)11)13-3-2-12-4-5(13)6(14)15/h2-4,12,16H,1H3,(H,14,15). The number of carbonyl (C=O) groups is 1. The van der Waals surface area contributed by atoms with Gasteiger partial charge >= 0.3 is 12.1 Å². The second-order valence-electron chi connectivity index (χ2n) is 3.21. The summed E-state index contributed by atoms with van der Waals surface area (Å²) in [6.45, 7) is 0.472. The van der Waals surface area contributed by atoms with Crippen molar-refractivity contribution in [2.45, 2.75) is 18.8 Å². The number of alkyl halides is 3. The number of halogens is 3. The molecule has 1 atom stereocenters. The third-order valence-electron chi connectivity index (χ3n) is 2.02. The largest absolute Gasteiger partial charge is 0.477 e. The summed E-state index contributed by atoms with van der Waals surface area (Å²) in [5.74, 6) is -1.58. The fraction of sp³-hybridized carbons (Fsp3) is 0.375. The van der Waals surface area contributed by atoms with Gasteiger partial charge in [-0.2, -0.15) is 13.2 Å². The molecule has 0 aliphatic carbocycles. The Bertz CT molecular complexity index is 360. The molecular weight excluding hydrogens is 229 g/mol. The summed E-state index contributed by atoms with van der Waals surface area (Å²) in [5, 5.41) is 20.3. The van der Waals surface area contributed by atoms with E-state index in [1.54, 1.807) is 0 Å². The zero-order valence-electron chi connectivity index (χ0n) is 8.12. The van der Waals surface area contributed by atoms with Crippen LogP contribution >= 0.6 is 0 Å². The molecule has 0 fully saturated rings. The van der Waals surface area contributed by atoms with E-state index in [1.807, 2.05) is 0 Å². The molecule has 0 amide bonds. The zero-order chi connectivity index (χ0) is 12.6. The lowest BCUT2D eigenvalue weighted by molar-refractivity contribution is -0.293. The highest BCUT2D eigenvalue weighted by molar-refractivity contribution is 5.86. The lowest BCUT2D eigenvalue weighted by Gasteiger charge is -2.38. The van der Waals surface area contributed by atoms with E-state index in [4.69, 9.17) is 5.11 Å². The molecule has 1 rings (SSSR count). The SMILES string of the molecule is CC(O)(N1C=CNC=C1C(=O)O)C(F)(F)F. The highest BCUT2D eigenvalue weighted by Crippen LogP contribution is 2.35. The number of carboxylic acid groups (broad SMARTS) is 1. The molecule has 0 aromatic rings. The topological polar surface area (TPSA) is 72.8 Å². The number of carboxylic acids is 1. The molecule has 90 valence electrons. The van der Waals surface area contributed by atoms with Gasteiger partial charge in [-0.25, -0.2) is 4.79 Å². The van der Waals surface area contributed by atoms with E-state index in [1.165, 1.54) is 0 Å². The van der Waals surface area contributed by atoms with Crippen LogP contribution in [0.4, 0.5) is 13.2 Å². The number of nitrogens with one attached hydrogen (secondary N) is 1. The van der Waals surface area contributed by atoms with E-state index >= 15 is 0 Å². The van der Waals surface area contributed by atoms with Crippen LogP contribution in [-0.2, 0) is 4.79 Å². The van der Waals surface area contributed by atoms with Crippen LogP contribution < -0.4 is 5.32 Å². The Balaban J connectivity index is 3.11. The van der Waals surface area contributed by atoms with Crippen molar-refractivity contribution in [1.82, 2.24) is 10.2 Å². The van der Waals surface area contributed by atoms with Crippen molar-refractivity contribution in [2.75, 3.05) is 0 Å². The summed E-state index contributed by atoms with van der Waals surface area (Å²) < 4.78 is 37.5. The maximum atomic E-state index is 12.5. The predicted molar refractivity (Wildman–Crippen MR) is 46.5 cm³/mol. The van der Waals surface area contributed by atoms with Gasteiger partial charge in [-0.1, -0.05) is 0 Å². The Kier molecular flexibility index (Phi) is 2.87. The maximum Gasteiger partial charge on any atom is 0.436 e. The monoisotopic (exact) mass is 238 g/mol. The molecular formula is C8H9F3N2O3. The van der Waals surface area contributed by atoms with Gasteiger partial charge in [-0.3, -0.25) is 0 Å². The van der Waals surface area contributed by atoms with Gasteiger partial charge in [0.1, 0.15) is 5.70 Å². The molecule has 0 aromatic carbocycles. The average Bonchev–Trinajstić information content (AvgIpc) is 2.16. The number of aliphatic hydroxyl groups is 1. The van der Waals surface area contributed by atoms with Gasteiger partial charge in [0, 0.05) is 18.6 Å². The van der Waals surface area contributed by atoms with Crippen molar-refractivity contribution < 1.29 is 28.2 Å². The van der Waals surface area contributed by atoms with E-state index in [2.05, 4.69) is 5.32 Å². The molecule has 0 bridgehead atoms. The molecule has 8 heteroatoms. The fourth-order valence-electron chi connectivity index (χ4n) is 1.08. The Morgan fingerprint density at radius 1 is 1.50 bits per heavy atom. The zero-order valence-corrected chi connectivity index (χ0v) is 8.12. The van der Waals surface area contributed by atoms with Crippen molar-refractivity contribution in [3.8, 4) is 0 Å². The first-order valence-electron chi connectivity index (χ1n) is 4.12. The number of rotatable bonds is 2. The predicted octanol–water partition coefficient (Wildman–Crippen LogP) is 0.560. The number of aliphatic carboxylic acids is 1. The van der Waals surface area contributed by atoms with Gasteiger partial charge in [-0.05, 0) is 6.92 Å². The third kappa shape index (κ3) is 1.96. The van der Waals surface area contributed by atoms with E-state index in [-0.39, 0.29) is 4.90 Å². The minimum atomic E-state index is -4.98. The number of hydrogen-bond acceptors (Lipinski definition) is 4. The molecule has 1 heterocycles. The molecule has 1 unspecified atom stereocenters. The minimum absolute atomic E-state index is 0.228. The lowest BCUT2D eigenvalue weighted by Crippen LogP contribution is -2.55. The first-order valence-corrected chi connectivity index (χ1v) is 4.12. The summed E-state index contributed by atoms with van der Waals surface area (Å²) >= 11 is 0. The van der Waals surface area contributed by atoms with Gasteiger partial charge in [0.05, 0.1) is 0 Å². The van der Waals surface area contributed by atoms with Crippen molar-refractivity contribution in [1.29, 1.82) is 0 Å². The molecule has 3 N–H and O–H groups in total. The van der Waals surface area contributed by atoms with E-state index in [0.717, 1.165) is 18.6 Å². The highest BCUT2D eigenvalue weighted by atomic mass is 19.4. The van der Waals surface area contributed by atoms with Crippen LogP contribution in [0.2, 0.25) is 0 Å². The molecule has 16 heavy (non-hydrogen) atoms. The van der Waals surface area contributed by atoms with E-state index in [0.29, 0.717) is 6.92 Å². The van der Waals surface area contributed by atoms with Crippen LogP contribution in [0.3, 0.4) is 0 Å². The highest BCUT2D eigenvalue weighted by Gasteiger charge is 2.55. The van der Waals surface area contributed by atoms with Crippen molar-refractivity contribution >= 4 is 5.97 Å². The van der Waals surface area contributed by atoms with Gasteiger partial charge in [0.2, 0.25) is 5.72 Å². The molecule has 0 saturated carbocycles. The van der Waals surface area contributed by atoms with Crippen LogP contribution in [0.25, 0.3) is 0 Å². The first kappa shape index (κ1) is 12.4. The average molecular weight is 238 g/mol. The van der Waals surface area contributed by atoms with Crippen LogP contribution in [-0.4, -0.2) is 33.0 Å². The number of hydrogen-bond donors (Lipinski definition) is 3. The quantitative estimate of drug-likeness (QED) is 0.655. The minimum Gasteiger partial charge on any atom is -0.477 e. The molecule has 5 nitrogen and oxygen atoms in total. The summed E-state index contributed by atoms with van der Waals surface area (Å²) in [4.78, 5) is 10.9. The molecule has 1 aliphatic rings. The first-order chi connectivity index (χ1) is 7.18. The molecule has 0 aromatic heterocycles. The fourth-order valence-corrected chi connectivity index (χ4v) is 1.08. The summed E-state index contributed by atoms with van der Waals surface area (Å²) in [6, 6.07) is 0. The molecule has 1 aliphatic heterocycles. The third-order valence-corrected chi connectivity index (χ3v) is 2.02. The second-order valence-corrected chi connectivity index (χ2v) is 3.21. The van der Waals surface area contributed by atoms with Gasteiger partial charge in [-0.15, -0.1) is 0 Å². The summed E-state index contributed by atoms with van der Waals surface area (Å²) in [6.07, 6.45) is -2.25. The molecule has 0 saturated heterocycles. The van der Waals surface area contributed by atoms with Gasteiger partial charge < -0.3 is 20.4 Å². The molecule has 0 radical (unpaired) electrons.